The molecule has 36 heavy (non-hydrogen) atoms. The number of anilines is 1. The Morgan fingerprint density at radius 2 is 2.00 bits per heavy atom. The van der Waals surface area contributed by atoms with E-state index in [0.717, 1.165) is 5.56 Å². The monoisotopic (exact) mass is 506 g/mol. The van der Waals surface area contributed by atoms with Crippen LogP contribution < -0.4 is 5.32 Å². The molecule has 1 aliphatic rings. The lowest BCUT2D eigenvalue weighted by molar-refractivity contribution is -0.117. The third-order valence-corrected chi connectivity index (χ3v) is 6.88. The Labute approximate surface area is 208 Å². The number of carbonyl (C=O) groups excluding carboxylic acids is 1. The van der Waals surface area contributed by atoms with Gasteiger partial charge in [0.05, 0.1) is 47.1 Å². The maximum absolute atomic E-state index is 14.1. The minimum Gasteiger partial charge on any atom is -0.324 e. The van der Waals surface area contributed by atoms with Gasteiger partial charge in [0.2, 0.25) is 11.9 Å². The molecule has 0 radical (unpaired) electrons. The van der Waals surface area contributed by atoms with Gasteiger partial charge in [0.25, 0.3) is 0 Å². The molecular weight excluding hydrogens is 487 g/mol. The molecule has 0 bridgehead atoms. The number of halogens is 2. The summed E-state index contributed by atoms with van der Waals surface area (Å²) in [7, 11) is 0. The van der Waals surface area contributed by atoms with Crippen LogP contribution in [0.4, 0.5) is 10.1 Å². The molecule has 5 aromatic rings. The van der Waals surface area contributed by atoms with Crippen LogP contribution in [-0.2, 0) is 16.8 Å². The van der Waals surface area contributed by atoms with Crippen molar-refractivity contribution in [3.63, 3.8) is 0 Å². The van der Waals surface area contributed by atoms with Gasteiger partial charge in [0.15, 0.2) is 11.5 Å². The van der Waals surface area contributed by atoms with Crippen LogP contribution in [0.1, 0.15) is 43.0 Å². The molecule has 6 rings (SSSR count). The summed E-state index contributed by atoms with van der Waals surface area (Å²) in [6, 6.07) is 2.86. The predicted molar refractivity (Wildman–Crippen MR) is 127 cm³/mol. The summed E-state index contributed by atoms with van der Waals surface area (Å²) in [5.74, 6) is -1.13. The summed E-state index contributed by atoms with van der Waals surface area (Å²) in [5.41, 5.74) is 2.43. The van der Waals surface area contributed by atoms with Gasteiger partial charge >= 0.3 is 0 Å². The van der Waals surface area contributed by atoms with Crippen molar-refractivity contribution in [2.75, 3.05) is 5.32 Å². The molecule has 11 nitrogen and oxygen atoms in total. The first kappa shape index (κ1) is 22.3. The molecule has 182 valence electrons. The Balaban J connectivity index is 1.38. The third kappa shape index (κ3) is 3.44. The van der Waals surface area contributed by atoms with Crippen molar-refractivity contribution in [1.29, 1.82) is 0 Å². The number of carbonyl (C=O) groups is 1. The largest absolute Gasteiger partial charge is 0.324 e. The Kier molecular flexibility index (Phi) is 5.07. The van der Waals surface area contributed by atoms with Crippen LogP contribution >= 0.6 is 11.6 Å². The second-order valence-electron chi connectivity index (χ2n) is 8.81. The first-order valence-electron chi connectivity index (χ1n) is 11.3. The second-order valence-corrected chi connectivity index (χ2v) is 9.22. The summed E-state index contributed by atoms with van der Waals surface area (Å²) in [4.78, 5) is 23.5. The van der Waals surface area contributed by atoms with Gasteiger partial charge in [0.1, 0.15) is 0 Å². The van der Waals surface area contributed by atoms with E-state index in [4.69, 9.17) is 11.6 Å². The Bertz CT molecular complexity index is 1610. The highest BCUT2D eigenvalue weighted by Gasteiger charge is 2.47. The highest BCUT2D eigenvalue weighted by molar-refractivity contribution is 6.32. The predicted octanol–water partition coefficient (Wildman–Crippen LogP) is 3.15. The van der Waals surface area contributed by atoms with Crippen molar-refractivity contribution in [3.8, 4) is 5.82 Å². The Morgan fingerprint density at radius 3 is 2.72 bits per heavy atom. The van der Waals surface area contributed by atoms with Crippen molar-refractivity contribution in [2.45, 2.75) is 38.1 Å². The van der Waals surface area contributed by atoms with Crippen LogP contribution in [0.5, 0.6) is 0 Å². The average molecular weight is 507 g/mol. The lowest BCUT2D eigenvalue weighted by Crippen LogP contribution is -2.25. The fourth-order valence-electron chi connectivity index (χ4n) is 4.85. The number of hydrogen-bond donors (Lipinski definition) is 1. The van der Waals surface area contributed by atoms with Crippen molar-refractivity contribution in [2.24, 2.45) is 0 Å². The smallest absolute Gasteiger partial charge is 0.235 e. The lowest BCUT2D eigenvalue weighted by atomic mass is 9.80. The fraction of sp³-hybridized carbons (Fsp3) is 0.261. The van der Waals surface area contributed by atoms with Crippen molar-refractivity contribution >= 4 is 28.8 Å². The molecule has 2 atom stereocenters. The molecule has 0 saturated heterocycles. The summed E-state index contributed by atoms with van der Waals surface area (Å²) in [6.45, 7) is 4.71. The molecule has 0 saturated carbocycles. The van der Waals surface area contributed by atoms with Crippen molar-refractivity contribution < 1.29 is 9.18 Å². The van der Waals surface area contributed by atoms with E-state index >= 15 is 0 Å². The molecule has 0 aromatic carbocycles. The maximum Gasteiger partial charge on any atom is 0.235 e. The zero-order valence-electron chi connectivity index (χ0n) is 19.3. The molecule has 0 fully saturated rings. The number of hydrogen-bond acceptors (Lipinski definition) is 7. The zero-order chi connectivity index (χ0) is 25.0. The quantitative estimate of drug-likeness (QED) is 0.388. The van der Waals surface area contributed by atoms with Crippen LogP contribution in [0.25, 0.3) is 11.5 Å². The first-order chi connectivity index (χ1) is 17.4. The topological polar surface area (TPSA) is 121 Å². The van der Waals surface area contributed by atoms with Crippen molar-refractivity contribution in [1.82, 2.24) is 44.4 Å². The summed E-state index contributed by atoms with van der Waals surface area (Å²) in [5, 5.41) is 19.7. The molecule has 1 N–H and O–H groups in total. The van der Waals surface area contributed by atoms with E-state index in [0.29, 0.717) is 41.4 Å². The van der Waals surface area contributed by atoms with Gasteiger partial charge in [-0.15, -0.1) is 9.90 Å². The minimum absolute atomic E-state index is 0.264. The number of nitrogens with zero attached hydrogens (tertiary/aromatic N) is 9. The number of fused-ring (bicyclic) bond motifs is 3. The number of nitrogens with one attached hydrogen (secondary N) is 1. The van der Waals surface area contributed by atoms with Crippen LogP contribution in [-0.4, -0.2) is 50.3 Å². The standard InChI is InChI=1S/C23H20ClFN10O/c1-3-33-12-13(9-30-33)23(2)8-15(16-11-26-19-7-18(25)32-34(19)20(16)23)22(36)31-14-6-17(24)21(27-10-14)35-28-4-5-29-35/h4-7,9-12,15H,3,8H2,1-2H3,(H,31,36)/t15-,23-/m0/s1. The number of rotatable bonds is 5. The summed E-state index contributed by atoms with van der Waals surface area (Å²) in [6.07, 6.45) is 10.3. The number of pyridine rings is 1. The second kappa shape index (κ2) is 8.19. The molecule has 1 aliphatic carbocycles. The van der Waals surface area contributed by atoms with Gasteiger partial charge in [-0.2, -0.15) is 19.7 Å². The van der Waals surface area contributed by atoms with Crippen molar-refractivity contribution in [3.05, 3.63) is 77.1 Å². The Morgan fingerprint density at radius 1 is 1.19 bits per heavy atom. The van der Waals surface area contributed by atoms with Crippen LogP contribution in [0, 0.1) is 5.95 Å². The van der Waals surface area contributed by atoms with Gasteiger partial charge in [0, 0.05) is 41.5 Å². The Hall–Kier alpha value is -4.19. The minimum atomic E-state index is -0.657. The molecule has 0 spiro atoms. The zero-order valence-corrected chi connectivity index (χ0v) is 20.1. The molecule has 0 unspecified atom stereocenters. The van der Waals surface area contributed by atoms with E-state index in [9.17, 15) is 9.18 Å². The van der Waals surface area contributed by atoms with Crippen LogP contribution in [0.2, 0.25) is 5.02 Å². The summed E-state index contributed by atoms with van der Waals surface area (Å²) >= 11 is 6.37. The van der Waals surface area contributed by atoms with Gasteiger partial charge < -0.3 is 5.32 Å². The molecule has 5 heterocycles. The number of amides is 1. The molecule has 0 aliphatic heterocycles. The van der Waals surface area contributed by atoms with E-state index in [-0.39, 0.29) is 10.9 Å². The van der Waals surface area contributed by atoms with E-state index < -0.39 is 17.3 Å². The normalized spacial score (nSPS) is 19.1. The van der Waals surface area contributed by atoms with E-state index in [2.05, 4.69) is 35.7 Å². The first-order valence-corrected chi connectivity index (χ1v) is 11.7. The third-order valence-electron chi connectivity index (χ3n) is 6.60. The highest BCUT2D eigenvalue weighted by atomic mass is 35.5. The van der Waals surface area contributed by atoms with E-state index in [1.165, 1.54) is 34.0 Å². The number of aromatic nitrogens is 9. The van der Waals surface area contributed by atoms with Gasteiger partial charge in [-0.05, 0) is 26.3 Å². The van der Waals surface area contributed by atoms with E-state index in [1.54, 1.807) is 18.5 Å². The fourth-order valence-corrected chi connectivity index (χ4v) is 5.09. The molecule has 5 aromatic heterocycles. The molecule has 13 heteroatoms. The average Bonchev–Trinajstić information content (AvgIpc) is 3.64. The lowest BCUT2D eigenvalue weighted by Gasteiger charge is -2.24. The van der Waals surface area contributed by atoms with Gasteiger partial charge in [-0.3, -0.25) is 9.48 Å². The van der Waals surface area contributed by atoms with Crippen LogP contribution in [0.15, 0.2) is 49.3 Å². The highest BCUT2D eigenvalue weighted by Crippen LogP contribution is 2.49. The van der Waals surface area contributed by atoms with Gasteiger partial charge in [-0.25, -0.2) is 14.5 Å². The maximum atomic E-state index is 14.1. The van der Waals surface area contributed by atoms with Gasteiger partial charge in [-0.1, -0.05) is 11.6 Å². The number of aryl methyl sites for hydroxylation is 1. The van der Waals surface area contributed by atoms with E-state index in [1.807, 2.05) is 24.7 Å². The SMILES string of the molecule is CCn1cc([C@]2(C)C[C@H](C(=O)Nc3cnc(-n4nccn4)c(Cl)c3)c3cnc4cc(F)nn4c32)cn1. The van der Waals surface area contributed by atoms with Crippen LogP contribution in [0.3, 0.4) is 0 Å². The molecular formula is C23H20ClFN10O. The summed E-state index contributed by atoms with van der Waals surface area (Å²) < 4.78 is 17.4. The molecule has 1 amide bonds.